The maximum atomic E-state index is 13.6. The van der Waals surface area contributed by atoms with Crippen molar-refractivity contribution in [1.82, 2.24) is 9.71 Å². The summed E-state index contributed by atoms with van der Waals surface area (Å²) in [5.74, 6) is -2.67. The van der Waals surface area contributed by atoms with Gasteiger partial charge in [0.25, 0.3) is 0 Å². The Kier molecular flexibility index (Phi) is 4.43. The highest BCUT2D eigenvalue weighted by molar-refractivity contribution is 7.89. The van der Waals surface area contributed by atoms with E-state index in [0.29, 0.717) is 5.01 Å². The van der Waals surface area contributed by atoms with Crippen LogP contribution in [0.4, 0.5) is 8.78 Å². The molecule has 1 aromatic heterocycles. The fraction of sp³-hybridized carbons (Fsp3) is 0.182. The molecule has 1 heterocycles. The minimum absolute atomic E-state index is 0.0894. The highest BCUT2D eigenvalue weighted by Crippen LogP contribution is 2.20. The van der Waals surface area contributed by atoms with Crippen LogP contribution in [0.15, 0.2) is 28.6 Å². The predicted octanol–water partition coefficient (Wildman–Crippen LogP) is 1.36. The molecule has 1 aromatic carbocycles. The molecule has 2 rings (SSSR count). The number of nitrogens with zero attached hydrogens (tertiary/aromatic N) is 1. The molecule has 20 heavy (non-hydrogen) atoms. The molecule has 0 unspecified atom stereocenters. The lowest BCUT2D eigenvalue weighted by atomic mass is 10.2. The van der Waals surface area contributed by atoms with Crippen LogP contribution in [0.2, 0.25) is 0 Å². The molecule has 0 spiro atoms. The van der Waals surface area contributed by atoms with E-state index in [1.54, 1.807) is 5.38 Å². The molecule has 0 saturated carbocycles. The van der Waals surface area contributed by atoms with Gasteiger partial charge in [-0.25, -0.2) is 26.9 Å². The van der Waals surface area contributed by atoms with Crippen LogP contribution < -0.4 is 10.5 Å². The Balaban J connectivity index is 2.31. The van der Waals surface area contributed by atoms with Crippen molar-refractivity contribution >= 4 is 21.4 Å². The van der Waals surface area contributed by atoms with Crippen LogP contribution in [-0.2, 0) is 23.1 Å². The number of benzene rings is 1. The van der Waals surface area contributed by atoms with E-state index in [9.17, 15) is 17.2 Å². The summed E-state index contributed by atoms with van der Waals surface area (Å²) < 4.78 is 53.1. The Morgan fingerprint density at radius 1 is 1.35 bits per heavy atom. The summed E-state index contributed by atoms with van der Waals surface area (Å²) in [6, 6.07) is 1.89. The van der Waals surface area contributed by atoms with Crippen LogP contribution in [0, 0.1) is 11.6 Å². The molecule has 0 amide bonds. The van der Waals surface area contributed by atoms with Crippen molar-refractivity contribution in [1.29, 1.82) is 0 Å². The van der Waals surface area contributed by atoms with Crippen LogP contribution in [0.3, 0.4) is 0 Å². The molecule has 0 atom stereocenters. The number of aromatic nitrogens is 1. The SMILES string of the molecule is NCc1cc(F)c(F)c(S(=O)(=O)NCc2nccs2)c1. The molecule has 9 heteroatoms. The maximum Gasteiger partial charge on any atom is 0.243 e. The lowest BCUT2D eigenvalue weighted by molar-refractivity contribution is 0.481. The molecule has 0 aliphatic rings. The molecule has 0 radical (unpaired) electrons. The molecule has 5 nitrogen and oxygen atoms in total. The summed E-state index contributed by atoms with van der Waals surface area (Å²) >= 11 is 1.25. The Hall–Kier alpha value is -1.42. The lowest BCUT2D eigenvalue weighted by Gasteiger charge is -2.09. The summed E-state index contributed by atoms with van der Waals surface area (Å²) in [5.41, 5.74) is 5.51. The van der Waals surface area contributed by atoms with Crippen molar-refractivity contribution in [3.63, 3.8) is 0 Å². The Labute approximate surface area is 118 Å². The minimum Gasteiger partial charge on any atom is -0.326 e. The molecule has 2 aromatic rings. The smallest absolute Gasteiger partial charge is 0.243 e. The van der Waals surface area contributed by atoms with Gasteiger partial charge in [-0.3, -0.25) is 0 Å². The Bertz CT molecular complexity index is 703. The zero-order chi connectivity index (χ0) is 14.8. The number of nitrogens with two attached hydrogens (primary N) is 1. The Morgan fingerprint density at radius 3 is 2.70 bits per heavy atom. The lowest BCUT2D eigenvalue weighted by Crippen LogP contribution is -2.25. The molecule has 108 valence electrons. The molecule has 0 aliphatic carbocycles. The van der Waals surface area contributed by atoms with E-state index in [1.165, 1.54) is 17.5 Å². The highest BCUT2D eigenvalue weighted by atomic mass is 32.2. The molecule has 0 bridgehead atoms. The van der Waals surface area contributed by atoms with Gasteiger partial charge in [0.2, 0.25) is 10.0 Å². The van der Waals surface area contributed by atoms with Gasteiger partial charge >= 0.3 is 0 Å². The molecular formula is C11H11F2N3O2S2. The van der Waals surface area contributed by atoms with Crippen molar-refractivity contribution in [3.8, 4) is 0 Å². The van der Waals surface area contributed by atoms with Gasteiger partial charge in [-0.2, -0.15) is 0 Å². The maximum absolute atomic E-state index is 13.6. The van der Waals surface area contributed by atoms with E-state index >= 15 is 0 Å². The average molecular weight is 319 g/mol. The zero-order valence-electron chi connectivity index (χ0n) is 10.1. The summed E-state index contributed by atoms with van der Waals surface area (Å²) in [6.07, 6.45) is 1.52. The van der Waals surface area contributed by atoms with Crippen LogP contribution in [-0.4, -0.2) is 13.4 Å². The van der Waals surface area contributed by atoms with Crippen molar-refractivity contribution in [2.45, 2.75) is 18.0 Å². The third-order valence-electron chi connectivity index (χ3n) is 2.48. The van der Waals surface area contributed by atoms with Crippen molar-refractivity contribution in [2.24, 2.45) is 5.73 Å². The second-order valence-corrected chi connectivity index (χ2v) is 6.56. The first-order chi connectivity index (χ1) is 9.44. The topological polar surface area (TPSA) is 85.1 Å². The third-order valence-corrected chi connectivity index (χ3v) is 4.66. The van der Waals surface area contributed by atoms with Gasteiger partial charge in [0.15, 0.2) is 11.6 Å². The van der Waals surface area contributed by atoms with Gasteiger partial charge in [-0.05, 0) is 17.7 Å². The number of hydrogen-bond donors (Lipinski definition) is 2. The third kappa shape index (κ3) is 3.18. The van der Waals surface area contributed by atoms with Crippen LogP contribution in [0.25, 0.3) is 0 Å². The van der Waals surface area contributed by atoms with Crippen molar-refractivity contribution < 1.29 is 17.2 Å². The van der Waals surface area contributed by atoms with Gasteiger partial charge in [-0.1, -0.05) is 0 Å². The largest absolute Gasteiger partial charge is 0.326 e. The summed E-state index contributed by atoms with van der Waals surface area (Å²) in [4.78, 5) is 3.14. The van der Waals surface area contributed by atoms with Gasteiger partial charge in [-0.15, -0.1) is 11.3 Å². The quantitative estimate of drug-likeness (QED) is 0.871. The number of sulfonamides is 1. The fourth-order valence-electron chi connectivity index (χ4n) is 1.51. The van der Waals surface area contributed by atoms with Crippen LogP contribution in [0.5, 0.6) is 0 Å². The number of halogens is 2. The summed E-state index contributed by atoms with van der Waals surface area (Å²) in [7, 11) is -4.18. The average Bonchev–Trinajstić information content (AvgIpc) is 2.92. The molecule has 0 aliphatic heterocycles. The number of nitrogens with one attached hydrogen (secondary N) is 1. The fourth-order valence-corrected chi connectivity index (χ4v) is 3.27. The van der Waals surface area contributed by atoms with Crippen LogP contribution >= 0.6 is 11.3 Å². The molecule has 0 saturated heterocycles. The number of hydrogen-bond acceptors (Lipinski definition) is 5. The standard InChI is InChI=1S/C11H11F2N3O2S2/c12-8-3-7(5-14)4-9(11(8)13)20(17,18)16-6-10-15-1-2-19-10/h1-4,16H,5-6,14H2. The second-order valence-electron chi connectivity index (χ2n) is 3.84. The van der Waals surface area contributed by atoms with Crippen LogP contribution in [0.1, 0.15) is 10.6 Å². The summed E-state index contributed by atoms with van der Waals surface area (Å²) in [6.45, 7) is -0.180. The minimum atomic E-state index is -4.18. The first-order valence-corrected chi connectivity index (χ1v) is 7.86. The van der Waals surface area contributed by atoms with Gasteiger partial charge in [0, 0.05) is 18.1 Å². The number of thiazole rings is 1. The molecule has 3 N–H and O–H groups in total. The zero-order valence-corrected chi connectivity index (χ0v) is 11.8. The van der Waals surface area contributed by atoms with E-state index < -0.39 is 26.6 Å². The first kappa shape index (κ1) is 15.0. The normalized spacial score (nSPS) is 11.8. The van der Waals surface area contributed by atoms with Crippen molar-refractivity contribution in [2.75, 3.05) is 0 Å². The van der Waals surface area contributed by atoms with Gasteiger partial charge in [0.1, 0.15) is 9.90 Å². The van der Waals surface area contributed by atoms with E-state index in [2.05, 4.69) is 9.71 Å². The van der Waals surface area contributed by atoms with Crippen molar-refractivity contribution in [3.05, 3.63) is 45.9 Å². The van der Waals surface area contributed by atoms with Gasteiger partial charge < -0.3 is 5.73 Å². The van der Waals surface area contributed by atoms with E-state index in [-0.39, 0.29) is 18.7 Å². The Morgan fingerprint density at radius 2 is 2.10 bits per heavy atom. The molecule has 0 fully saturated rings. The highest BCUT2D eigenvalue weighted by Gasteiger charge is 2.22. The monoisotopic (exact) mass is 319 g/mol. The second kappa shape index (κ2) is 5.92. The summed E-state index contributed by atoms with van der Waals surface area (Å²) in [5, 5.41) is 2.20. The first-order valence-electron chi connectivity index (χ1n) is 5.50. The van der Waals surface area contributed by atoms with E-state index in [0.717, 1.165) is 12.1 Å². The molecular weight excluding hydrogens is 308 g/mol. The van der Waals surface area contributed by atoms with Gasteiger partial charge in [0.05, 0.1) is 6.54 Å². The van der Waals surface area contributed by atoms with E-state index in [1.807, 2.05) is 0 Å². The van der Waals surface area contributed by atoms with E-state index in [4.69, 9.17) is 5.73 Å². The number of rotatable bonds is 5. The predicted molar refractivity (Wildman–Crippen MR) is 70.4 cm³/mol.